The van der Waals surface area contributed by atoms with Crippen molar-refractivity contribution in [2.45, 2.75) is 63.5 Å². The van der Waals surface area contributed by atoms with Crippen molar-refractivity contribution in [3.05, 3.63) is 36.1 Å². The minimum Gasteiger partial charge on any atom is -0.490 e. The van der Waals surface area contributed by atoms with Crippen molar-refractivity contribution in [1.82, 2.24) is 4.90 Å². The summed E-state index contributed by atoms with van der Waals surface area (Å²) in [6, 6.07) is 0. The fourth-order valence-corrected chi connectivity index (χ4v) is 5.83. The van der Waals surface area contributed by atoms with Crippen molar-refractivity contribution in [3.63, 3.8) is 0 Å². The summed E-state index contributed by atoms with van der Waals surface area (Å²) in [5.41, 5.74) is 1.87. The maximum atomic E-state index is 6.23. The van der Waals surface area contributed by atoms with Crippen LogP contribution in [-0.2, 0) is 4.74 Å². The van der Waals surface area contributed by atoms with Crippen LogP contribution in [0.4, 0.5) is 0 Å². The highest BCUT2D eigenvalue weighted by molar-refractivity contribution is 5.31. The van der Waals surface area contributed by atoms with Crippen LogP contribution in [0, 0.1) is 17.8 Å². The molecule has 23 heavy (non-hydrogen) atoms. The lowest BCUT2D eigenvalue weighted by Crippen LogP contribution is -2.68. The SMILES string of the molecule is C=C1OC(C2=CCC=C2)CC2CC3(CCC12)C(CCC)CN3C. The minimum absolute atomic E-state index is 0.257. The van der Waals surface area contributed by atoms with Crippen molar-refractivity contribution in [2.24, 2.45) is 17.8 Å². The van der Waals surface area contributed by atoms with Crippen molar-refractivity contribution >= 4 is 0 Å². The van der Waals surface area contributed by atoms with Gasteiger partial charge in [0, 0.05) is 18.0 Å². The maximum Gasteiger partial charge on any atom is 0.123 e. The molecule has 5 atom stereocenters. The van der Waals surface area contributed by atoms with Gasteiger partial charge >= 0.3 is 0 Å². The van der Waals surface area contributed by atoms with E-state index in [2.05, 4.69) is 43.7 Å². The average Bonchev–Trinajstić information content (AvgIpc) is 3.08. The first-order valence-corrected chi connectivity index (χ1v) is 9.57. The van der Waals surface area contributed by atoms with E-state index in [1.165, 1.54) is 50.6 Å². The second-order valence-electron chi connectivity index (χ2n) is 8.23. The number of fused-ring (bicyclic) bond motifs is 1. The van der Waals surface area contributed by atoms with Crippen LogP contribution in [-0.4, -0.2) is 30.1 Å². The molecule has 0 aromatic heterocycles. The molecule has 4 rings (SSSR count). The van der Waals surface area contributed by atoms with E-state index in [1.54, 1.807) is 0 Å². The van der Waals surface area contributed by atoms with Gasteiger partial charge in [-0.15, -0.1) is 0 Å². The molecule has 0 aromatic carbocycles. The molecule has 2 aliphatic carbocycles. The quantitative estimate of drug-likeness (QED) is 0.749. The molecule has 2 aliphatic heterocycles. The van der Waals surface area contributed by atoms with Gasteiger partial charge < -0.3 is 9.64 Å². The largest absolute Gasteiger partial charge is 0.490 e. The van der Waals surface area contributed by atoms with E-state index in [-0.39, 0.29) is 6.10 Å². The van der Waals surface area contributed by atoms with E-state index in [0.29, 0.717) is 11.5 Å². The zero-order valence-corrected chi connectivity index (χ0v) is 14.8. The lowest BCUT2D eigenvalue weighted by molar-refractivity contribution is -0.127. The Kier molecular flexibility index (Phi) is 3.91. The van der Waals surface area contributed by atoms with Crippen molar-refractivity contribution < 1.29 is 4.74 Å². The third-order valence-corrected chi connectivity index (χ3v) is 7.12. The monoisotopic (exact) mass is 313 g/mol. The fraction of sp³-hybridized carbons (Fsp3) is 0.714. The summed E-state index contributed by atoms with van der Waals surface area (Å²) in [7, 11) is 2.35. The molecule has 0 aromatic rings. The van der Waals surface area contributed by atoms with Gasteiger partial charge in [-0.2, -0.15) is 0 Å². The second kappa shape index (κ2) is 5.81. The first kappa shape index (κ1) is 15.5. The van der Waals surface area contributed by atoms with Gasteiger partial charge in [0.2, 0.25) is 0 Å². The molecule has 2 nitrogen and oxygen atoms in total. The maximum absolute atomic E-state index is 6.23. The predicted octanol–water partition coefficient (Wildman–Crippen LogP) is 4.69. The molecule has 0 amide bonds. The van der Waals surface area contributed by atoms with E-state index >= 15 is 0 Å². The number of likely N-dealkylation sites (tertiary alicyclic amines) is 1. The molecule has 1 spiro atoms. The fourth-order valence-electron chi connectivity index (χ4n) is 5.83. The van der Waals surface area contributed by atoms with Gasteiger partial charge in [-0.05, 0) is 63.0 Å². The minimum atomic E-state index is 0.257. The zero-order chi connectivity index (χ0) is 16.0. The first-order chi connectivity index (χ1) is 11.1. The Labute approximate surface area is 141 Å². The highest BCUT2D eigenvalue weighted by Crippen LogP contribution is 2.55. The number of nitrogens with zero attached hydrogens (tertiary/aromatic N) is 1. The van der Waals surface area contributed by atoms with Crippen LogP contribution in [0.25, 0.3) is 0 Å². The summed E-state index contributed by atoms with van der Waals surface area (Å²) in [6.45, 7) is 7.94. The highest BCUT2D eigenvalue weighted by Gasteiger charge is 2.55. The molecule has 2 heterocycles. The van der Waals surface area contributed by atoms with Crippen LogP contribution in [0.1, 0.15) is 51.9 Å². The number of hydrogen-bond donors (Lipinski definition) is 0. The summed E-state index contributed by atoms with van der Waals surface area (Å²) in [6.07, 6.45) is 16.0. The van der Waals surface area contributed by atoms with Gasteiger partial charge in [0.25, 0.3) is 0 Å². The zero-order valence-electron chi connectivity index (χ0n) is 14.8. The van der Waals surface area contributed by atoms with Gasteiger partial charge in [-0.1, -0.05) is 38.2 Å². The molecule has 4 aliphatic rings. The third kappa shape index (κ3) is 2.41. The molecule has 0 bridgehead atoms. The van der Waals surface area contributed by atoms with Crippen LogP contribution in [0.2, 0.25) is 0 Å². The van der Waals surface area contributed by atoms with E-state index in [9.17, 15) is 0 Å². The Morgan fingerprint density at radius 3 is 3.00 bits per heavy atom. The van der Waals surface area contributed by atoms with Crippen LogP contribution < -0.4 is 0 Å². The summed E-state index contributed by atoms with van der Waals surface area (Å²) in [5, 5.41) is 0. The molecule has 2 saturated heterocycles. The van der Waals surface area contributed by atoms with Crippen molar-refractivity contribution in [2.75, 3.05) is 13.6 Å². The average molecular weight is 313 g/mol. The molecule has 0 radical (unpaired) electrons. The van der Waals surface area contributed by atoms with Crippen molar-refractivity contribution in [1.29, 1.82) is 0 Å². The second-order valence-corrected chi connectivity index (χ2v) is 8.23. The molecular formula is C21H31NO. The third-order valence-electron chi connectivity index (χ3n) is 7.12. The number of ether oxygens (including phenoxy) is 1. The van der Waals surface area contributed by atoms with Gasteiger partial charge in [0.05, 0.1) is 5.76 Å². The van der Waals surface area contributed by atoms with E-state index in [0.717, 1.165) is 24.0 Å². The lowest BCUT2D eigenvalue weighted by atomic mass is 9.57. The summed E-state index contributed by atoms with van der Waals surface area (Å²) in [4.78, 5) is 2.66. The van der Waals surface area contributed by atoms with E-state index < -0.39 is 0 Å². The van der Waals surface area contributed by atoms with E-state index in [1.807, 2.05) is 0 Å². The van der Waals surface area contributed by atoms with Gasteiger partial charge in [0.1, 0.15) is 6.10 Å². The lowest BCUT2D eigenvalue weighted by Gasteiger charge is -2.63. The van der Waals surface area contributed by atoms with Crippen LogP contribution in [0.15, 0.2) is 36.1 Å². The van der Waals surface area contributed by atoms with Crippen LogP contribution in [0.5, 0.6) is 0 Å². The molecule has 3 fully saturated rings. The Bertz CT molecular complexity index is 546. The Hall–Kier alpha value is -1.02. The first-order valence-electron chi connectivity index (χ1n) is 9.57. The molecule has 5 unspecified atom stereocenters. The predicted molar refractivity (Wildman–Crippen MR) is 95.1 cm³/mol. The van der Waals surface area contributed by atoms with Crippen molar-refractivity contribution in [3.8, 4) is 0 Å². The number of hydrogen-bond acceptors (Lipinski definition) is 2. The number of rotatable bonds is 3. The molecule has 2 heteroatoms. The Morgan fingerprint density at radius 1 is 1.43 bits per heavy atom. The van der Waals surface area contributed by atoms with Crippen LogP contribution >= 0.6 is 0 Å². The summed E-state index contributed by atoms with van der Waals surface area (Å²) in [5.74, 6) is 3.33. The van der Waals surface area contributed by atoms with E-state index in [4.69, 9.17) is 4.74 Å². The standard InChI is InChI=1S/C21H31NO/c1-4-7-18-14-22(3)21(18)11-10-19-15(2)23-20(12-17(19)13-21)16-8-5-6-9-16/h5,8-9,17-20H,2,4,6-7,10-14H2,1,3H3. The molecule has 1 saturated carbocycles. The van der Waals surface area contributed by atoms with Gasteiger partial charge in [-0.3, -0.25) is 0 Å². The Morgan fingerprint density at radius 2 is 2.30 bits per heavy atom. The van der Waals surface area contributed by atoms with Gasteiger partial charge in [-0.25, -0.2) is 0 Å². The highest BCUT2D eigenvalue weighted by atomic mass is 16.5. The molecule has 0 N–H and O–H groups in total. The number of allylic oxidation sites excluding steroid dienone is 3. The topological polar surface area (TPSA) is 12.5 Å². The smallest absolute Gasteiger partial charge is 0.123 e. The normalized spacial score (nSPS) is 43.0. The molecule has 126 valence electrons. The van der Waals surface area contributed by atoms with Gasteiger partial charge in [0.15, 0.2) is 0 Å². The Balaban J connectivity index is 1.52. The summed E-state index contributed by atoms with van der Waals surface area (Å²) >= 11 is 0. The van der Waals surface area contributed by atoms with Crippen LogP contribution in [0.3, 0.4) is 0 Å². The summed E-state index contributed by atoms with van der Waals surface area (Å²) < 4.78 is 6.23. The molecular weight excluding hydrogens is 282 g/mol.